The molecular weight excluding hydrogens is 249 g/mol. The number of alkyl halides is 4. The van der Waals surface area contributed by atoms with Gasteiger partial charge in [-0.05, 0) is 0 Å². The Morgan fingerprint density at radius 3 is 1.62 bits per heavy atom. The molecule has 90 valence electrons. The van der Waals surface area contributed by atoms with Crippen LogP contribution in [-0.4, -0.2) is 22.9 Å². The third-order valence-corrected chi connectivity index (χ3v) is 1.77. The van der Waals surface area contributed by atoms with Crippen molar-refractivity contribution in [2.75, 3.05) is 0 Å². The van der Waals surface area contributed by atoms with Crippen molar-refractivity contribution in [2.45, 2.75) is 11.8 Å². The number of hydrogen-bond acceptors (Lipinski definition) is 1. The van der Waals surface area contributed by atoms with E-state index in [-0.39, 0.29) is 0 Å². The Labute approximate surface area is 82.7 Å². The molecule has 0 heterocycles. The summed E-state index contributed by atoms with van der Waals surface area (Å²) in [6.07, 6.45) is 0. The molecule has 0 aromatic rings. The summed E-state index contributed by atoms with van der Waals surface area (Å²) in [6.45, 7) is 0. The first kappa shape index (κ1) is 12.5. The van der Waals surface area contributed by atoms with E-state index in [2.05, 4.69) is 0 Å². The lowest BCUT2D eigenvalue weighted by Crippen LogP contribution is -2.38. The fourth-order valence-corrected chi connectivity index (χ4v) is 1.00. The second-order valence-electron chi connectivity index (χ2n) is 2.77. The van der Waals surface area contributed by atoms with Crippen LogP contribution in [0.2, 0.25) is 0 Å². The topological polar surface area (TPSA) is 37.3 Å². The first-order chi connectivity index (χ1) is 7.04. The van der Waals surface area contributed by atoms with Crippen LogP contribution >= 0.6 is 0 Å². The van der Waals surface area contributed by atoms with Gasteiger partial charge in [-0.3, -0.25) is 0 Å². The Balaban J connectivity index is 3.60. The minimum atomic E-state index is -5.33. The molecule has 9 heteroatoms. The van der Waals surface area contributed by atoms with Gasteiger partial charge in [0.05, 0.1) is 0 Å². The van der Waals surface area contributed by atoms with Crippen molar-refractivity contribution in [1.82, 2.24) is 0 Å². The van der Waals surface area contributed by atoms with Crippen LogP contribution in [-0.2, 0) is 4.79 Å². The van der Waals surface area contributed by atoms with E-state index in [1.54, 1.807) is 0 Å². The van der Waals surface area contributed by atoms with Crippen LogP contribution in [0.5, 0.6) is 0 Å². The zero-order valence-electron chi connectivity index (χ0n) is 7.00. The van der Waals surface area contributed by atoms with Gasteiger partial charge in [0, 0.05) is 0 Å². The van der Waals surface area contributed by atoms with Crippen LogP contribution < -0.4 is 0 Å². The molecule has 0 radical (unpaired) electrons. The highest BCUT2D eigenvalue weighted by Gasteiger charge is 2.61. The van der Waals surface area contributed by atoms with Gasteiger partial charge < -0.3 is 5.11 Å². The zero-order valence-corrected chi connectivity index (χ0v) is 7.00. The van der Waals surface area contributed by atoms with Gasteiger partial charge in [0.15, 0.2) is 11.4 Å². The van der Waals surface area contributed by atoms with Gasteiger partial charge in [-0.25, -0.2) is 18.0 Å². The van der Waals surface area contributed by atoms with Gasteiger partial charge in [-0.2, -0.15) is 17.6 Å². The Kier molecular flexibility index (Phi) is 2.52. The summed E-state index contributed by atoms with van der Waals surface area (Å²) in [5.74, 6) is -23.3. The number of hydrogen-bond donors (Lipinski definition) is 1. The van der Waals surface area contributed by atoms with Gasteiger partial charge in [0.1, 0.15) is 0 Å². The summed E-state index contributed by atoms with van der Waals surface area (Å²) in [7, 11) is 0. The zero-order chi connectivity index (χ0) is 12.9. The maximum atomic E-state index is 12.7. The van der Waals surface area contributed by atoms with E-state index in [0.717, 1.165) is 0 Å². The highest BCUT2D eigenvalue weighted by molar-refractivity contribution is 5.91. The molecular formula is C7HF7O2. The Hall–Kier alpha value is -1.54. The monoisotopic (exact) mass is 250 g/mol. The van der Waals surface area contributed by atoms with E-state index in [4.69, 9.17) is 5.11 Å². The first-order valence-corrected chi connectivity index (χ1v) is 3.50. The average molecular weight is 250 g/mol. The van der Waals surface area contributed by atoms with Crippen LogP contribution in [0.15, 0.2) is 23.1 Å². The summed E-state index contributed by atoms with van der Waals surface area (Å²) in [4.78, 5) is 10.1. The largest absolute Gasteiger partial charge is 0.478 e. The molecule has 0 aliphatic heterocycles. The Morgan fingerprint density at radius 1 is 0.875 bits per heavy atom. The third kappa shape index (κ3) is 1.38. The van der Waals surface area contributed by atoms with Crippen molar-refractivity contribution in [3.8, 4) is 0 Å². The van der Waals surface area contributed by atoms with Gasteiger partial charge in [-0.15, -0.1) is 0 Å². The molecule has 0 aromatic heterocycles. The molecule has 16 heavy (non-hydrogen) atoms. The van der Waals surface area contributed by atoms with Gasteiger partial charge >= 0.3 is 17.8 Å². The Morgan fingerprint density at radius 2 is 1.25 bits per heavy atom. The summed E-state index contributed by atoms with van der Waals surface area (Å²) in [5, 5.41) is 8.06. The van der Waals surface area contributed by atoms with Crippen LogP contribution in [0.25, 0.3) is 0 Å². The molecule has 1 aliphatic rings. The molecule has 0 spiro atoms. The van der Waals surface area contributed by atoms with Gasteiger partial charge in [0.25, 0.3) is 0 Å². The average Bonchev–Trinajstić information content (AvgIpc) is 2.12. The van der Waals surface area contributed by atoms with Crippen molar-refractivity contribution in [1.29, 1.82) is 0 Å². The molecule has 0 saturated heterocycles. The van der Waals surface area contributed by atoms with Gasteiger partial charge in [0.2, 0.25) is 11.7 Å². The second-order valence-corrected chi connectivity index (χ2v) is 2.77. The lowest BCUT2D eigenvalue weighted by Gasteiger charge is -2.25. The minimum Gasteiger partial charge on any atom is -0.478 e. The number of carbonyl (C=O) groups is 1. The van der Waals surface area contributed by atoms with Crippen molar-refractivity contribution >= 4 is 5.97 Å². The predicted octanol–water partition coefficient (Wildman–Crippen LogP) is 2.73. The van der Waals surface area contributed by atoms with E-state index in [0.29, 0.717) is 0 Å². The Bertz CT molecular complexity index is 420. The number of carboxylic acid groups (broad SMARTS) is 1. The van der Waals surface area contributed by atoms with Crippen molar-refractivity contribution in [3.63, 3.8) is 0 Å². The van der Waals surface area contributed by atoms with E-state index in [1.165, 1.54) is 0 Å². The van der Waals surface area contributed by atoms with E-state index in [1.807, 2.05) is 0 Å². The first-order valence-electron chi connectivity index (χ1n) is 3.50. The standard InChI is InChI=1S/C7HF7O2/c8-2-1(5(15)16)6(11,12)3(9)4(10)7(2,13)14/h(H,15,16). The summed E-state index contributed by atoms with van der Waals surface area (Å²) < 4.78 is 87.7. The number of carboxylic acids is 1. The van der Waals surface area contributed by atoms with Crippen LogP contribution in [0.1, 0.15) is 0 Å². The molecule has 0 atom stereocenters. The van der Waals surface area contributed by atoms with E-state index >= 15 is 0 Å². The number of aliphatic carboxylic acids is 1. The molecule has 2 nitrogen and oxygen atoms in total. The number of allylic oxidation sites excluding steroid dienone is 3. The molecule has 0 fully saturated rings. The number of halogens is 7. The van der Waals surface area contributed by atoms with Crippen LogP contribution in [0.4, 0.5) is 30.7 Å². The smallest absolute Gasteiger partial charge is 0.353 e. The predicted molar refractivity (Wildman–Crippen MR) is 34.9 cm³/mol. The highest BCUT2D eigenvalue weighted by atomic mass is 19.3. The van der Waals surface area contributed by atoms with Crippen LogP contribution in [0, 0.1) is 0 Å². The summed E-state index contributed by atoms with van der Waals surface area (Å²) in [5.41, 5.74) is -2.81. The highest BCUT2D eigenvalue weighted by Crippen LogP contribution is 2.50. The molecule has 1 N–H and O–H groups in total. The normalized spacial score (nSPS) is 23.7. The summed E-state index contributed by atoms with van der Waals surface area (Å²) in [6, 6.07) is 0. The molecule has 0 amide bonds. The molecule has 1 rings (SSSR count). The fraction of sp³-hybridized carbons (Fsp3) is 0.286. The van der Waals surface area contributed by atoms with Crippen molar-refractivity contribution in [2.24, 2.45) is 0 Å². The molecule has 0 bridgehead atoms. The van der Waals surface area contributed by atoms with Gasteiger partial charge in [-0.1, -0.05) is 0 Å². The number of rotatable bonds is 1. The lowest BCUT2D eigenvalue weighted by atomic mass is 9.96. The quantitative estimate of drug-likeness (QED) is 0.726. The molecule has 0 saturated carbocycles. The van der Waals surface area contributed by atoms with Crippen molar-refractivity contribution < 1.29 is 40.6 Å². The minimum absolute atomic E-state index is 2.80. The van der Waals surface area contributed by atoms with Crippen LogP contribution in [0.3, 0.4) is 0 Å². The van der Waals surface area contributed by atoms with Crippen molar-refractivity contribution in [3.05, 3.63) is 23.1 Å². The van der Waals surface area contributed by atoms with E-state index in [9.17, 15) is 35.5 Å². The fourth-order valence-electron chi connectivity index (χ4n) is 1.00. The third-order valence-electron chi connectivity index (χ3n) is 1.77. The molecule has 0 aromatic carbocycles. The second kappa shape index (κ2) is 3.22. The summed E-state index contributed by atoms with van der Waals surface area (Å²) >= 11 is 0. The maximum Gasteiger partial charge on any atom is 0.353 e. The lowest BCUT2D eigenvalue weighted by molar-refractivity contribution is -0.137. The molecule has 1 aliphatic carbocycles. The molecule has 0 unspecified atom stereocenters. The SMILES string of the molecule is O=C(O)C1=C(F)C(F)(F)C(F)=C(F)C1(F)F. The van der Waals surface area contributed by atoms with E-state index < -0.39 is 40.9 Å². The maximum absolute atomic E-state index is 12.7.